The van der Waals surface area contributed by atoms with Gasteiger partial charge in [-0.25, -0.2) is 0 Å². The van der Waals surface area contributed by atoms with Crippen LogP contribution in [0.3, 0.4) is 0 Å². The number of hydrogen-bond acceptors (Lipinski definition) is 2. The summed E-state index contributed by atoms with van der Waals surface area (Å²) in [5.41, 5.74) is 6.97. The number of allylic oxidation sites excluding steroid dienone is 4. The van der Waals surface area contributed by atoms with Crippen LogP contribution in [-0.2, 0) is 9.59 Å². The van der Waals surface area contributed by atoms with Crippen LogP contribution in [0.5, 0.6) is 0 Å². The zero-order valence-electron chi connectivity index (χ0n) is 11.9. The molecule has 104 valence electrons. The third-order valence-corrected chi connectivity index (χ3v) is 4.20. The van der Waals surface area contributed by atoms with Crippen molar-refractivity contribution in [2.24, 2.45) is 11.3 Å². The van der Waals surface area contributed by atoms with E-state index in [1.165, 1.54) is 11.1 Å². The monoisotopic (exact) mass is 262 g/mol. The van der Waals surface area contributed by atoms with Crippen molar-refractivity contribution in [3.8, 4) is 0 Å². The minimum Gasteiger partial charge on any atom is -0.273 e. The van der Waals surface area contributed by atoms with E-state index in [0.29, 0.717) is 12.8 Å². The fourth-order valence-corrected chi connectivity index (χ4v) is 2.80. The molecule has 1 heterocycles. The quantitative estimate of drug-likeness (QED) is 0.766. The lowest BCUT2D eigenvalue weighted by Gasteiger charge is -2.41. The first-order chi connectivity index (χ1) is 8.93. The van der Waals surface area contributed by atoms with E-state index in [1.54, 1.807) is 0 Å². The maximum absolute atomic E-state index is 11.9. The predicted molar refractivity (Wildman–Crippen MR) is 73.9 cm³/mol. The highest BCUT2D eigenvalue weighted by Gasteiger charge is 2.49. The summed E-state index contributed by atoms with van der Waals surface area (Å²) < 4.78 is 0. The molecule has 1 aliphatic heterocycles. The Morgan fingerprint density at radius 2 is 2.16 bits per heavy atom. The van der Waals surface area contributed by atoms with Crippen molar-refractivity contribution in [2.45, 2.75) is 46.5 Å². The number of nitrogens with one attached hydrogen (secondary N) is 2. The van der Waals surface area contributed by atoms with Gasteiger partial charge in [-0.05, 0) is 46.5 Å². The molecule has 0 aromatic heterocycles. The lowest BCUT2D eigenvalue weighted by atomic mass is 9.66. The molecule has 0 aromatic rings. The third-order valence-electron chi connectivity index (χ3n) is 4.20. The van der Waals surface area contributed by atoms with E-state index in [-0.39, 0.29) is 17.7 Å². The number of carbonyl (C=O) groups excluding carboxylic acids is 2. The Hall–Kier alpha value is -1.58. The smallest absolute Gasteiger partial charge is 0.245 e. The average Bonchev–Trinajstić information content (AvgIpc) is 2.35. The summed E-state index contributed by atoms with van der Waals surface area (Å²) in [7, 11) is 0. The molecule has 2 aliphatic rings. The molecule has 2 N–H and O–H groups in total. The lowest BCUT2D eigenvalue weighted by molar-refractivity contribution is -0.150. The minimum atomic E-state index is -0.581. The van der Waals surface area contributed by atoms with Gasteiger partial charge in [-0.1, -0.05) is 23.3 Å². The molecular weight excluding hydrogens is 240 g/mol. The summed E-state index contributed by atoms with van der Waals surface area (Å²) >= 11 is 0. The molecule has 4 heteroatoms. The first-order valence-corrected chi connectivity index (χ1v) is 6.85. The molecule has 2 rings (SSSR count). The maximum atomic E-state index is 11.9. The number of carbonyl (C=O) groups is 2. The highest BCUT2D eigenvalue weighted by atomic mass is 16.2. The molecule has 0 bridgehead atoms. The summed E-state index contributed by atoms with van der Waals surface area (Å²) in [6, 6.07) is 0. The summed E-state index contributed by atoms with van der Waals surface area (Å²) in [6.07, 6.45) is 7.70. The van der Waals surface area contributed by atoms with Crippen molar-refractivity contribution in [1.82, 2.24) is 10.9 Å². The van der Waals surface area contributed by atoms with Gasteiger partial charge >= 0.3 is 0 Å². The molecule has 0 spiro atoms. The molecule has 1 saturated heterocycles. The molecule has 4 nitrogen and oxygen atoms in total. The lowest BCUT2D eigenvalue weighted by Crippen LogP contribution is -2.61. The van der Waals surface area contributed by atoms with E-state index in [9.17, 15) is 9.59 Å². The van der Waals surface area contributed by atoms with Gasteiger partial charge in [-0.2, -0.15) is 0 Å². The van der Waals surface area contributed by atoms with Gasteiger partial charge in [0, 0.05) is 0 Å². The number of fused-ring (bicyclic) bond motifs is 1. The largest absolute Gasteiger partial charge is 0.273 e. The molecule has 0 aromatic carbocycles. The fraction of sp³-hybridized carbons (Fsp3) is 0.600. The fourth-order valence-electron chi connectivity index (χ4n) is 2.80. The Morgan fingerprint density at radius 3 is 2.84 bits per heavy atom. The first-order valence-electron chi connectivity index (χ1n) is 6.85. The van der Waals surface area contributed by atoms with E-state index < -0.39 is 5.41 Å². The van der Waals surface area contributed by atoms with Crippen molar-refractivity contribution in [1.29, 1.82) is 0 Å². The van der Waals surface area contributed by atoms with Crippen LogP contribution in [0.1, 0.15) is 46.5 Å². The summed E-state index contributed by atoms with van der Waals surface area (Å²) in [4.78, 5) is 23.9. The molecule has 0 unspecified atom stereocenters. The molecule has 0 radical (unpaired) electrons. The standard InChI is InChI=1S/C15H22N2O2/c1-10(2)5-4-6-11-7-8-15(3)12(9-11)13(18)16-17-14(15)19/h5,7,12H,4,6,8-9H2,1-3H3,(H,16,18)(H,17,19)/t12-,15+/m0/s1. The van der Waals surface area contributed by atoms with Crippen molar-refractivity contribution < 1.29 is 9.59 Å². The van der Waals surface area contributed by atoms with E-state index in [4.69, 9.17) is 0 Å². The predicted octanol–water partition coefficient (Wildman–Crippen LogP) is 2.24. The number of hydrogen-bond donors (Lipinski definition) is 2. The third kappa shape index (κ3) is 2.72. The summed E-state index contributed by atoms with van der Waals surface area (Å²) in [5, 5.41) is 0. The molecule has 2 amide bonds. The van der Waals surface area contributed by atoms with Gasteiger partial charge in [0.1, 0.15) is 0 Å². The van der Waals surface area contributed by atoms with E-state index in [1.807, 2.05) is 6.92 Å². The Bertz CT molecular complexity index is 461. The van der Waals surface area contributed by atoms with Crippen molar-refractivity contribution in [2.75, 3.05) is 0 Å². The Morgan fingerprint density at radius 1 is 1.42 bits per heavy atom. The van der Waals surface area contributed by atoms with Gasteiger partial charge in [0.2, 0.25) is 11.8 Å². The Kier molecular flexibility index (Phi) is 3.78. The van der Waals surface area contributed by atoms with Crippen molar-refractivity contribution in [3.63, 3.8) is 0 Å². The second kappa shape index (κ2) is 5.19. The highest BCUT2D eigenvalue weighted by Crippen LogP contribution is 2.43. The van der Waals surface area contributed by atoms with Crippen LogP contribution in [-0.4, -0.2) is 11.8 Å². The SMILES string of the molecule is CC(C)=CCCC1=CC[C@@]2(C)C(=O)NNC(=O)[C@@H]2C1. The van der Waals surface area contributed by atoms with E-state index >= 15 is 0 Å². The second-order valence-electron chi connectivity index (χ2n) is 6.00. The van der Waals surface area contributed by atoms with Crippen molar-refractivity contribution >= 4 is 11.8 Å². The van der Waals surface area contributed by atoms with Crippen LogP contribution in [0.2, 0.25) is 0 Å². The maximum Gasteiger partial charge on any atom is 0.245 e. The van der Waals surface area contributed by atoms with Gasteiger partial charge in [0.05, 0.1) is 11.3 Å². The van der Waals surface area contributed by atoms with E-state index in [2.05, 4.69) is 36.9 Å². The van der Waals surface area contributed by atoms with Crippen LogP contribution in [0.4, 0.5) is 0 Å². The normalized spacial score (nSPS) is 29.8. The van der Waals surface area contributed by atoms with Crippen LogP contribution in [0, 0.1) is 11.3 Å². The van der Waals surface area contributed by atoms with Crippen LogP contribution >= 0.6 is 0 Å². The topological polar surface area (TPSA) is 58.2 Å². The second-order valence-corrected chi connectivity index (χ2v) is 6.00. The number of amides is 2. The minimum absolute atomic E-state index is 0.0603. The molecule has 2 atom stereocenters. The number of rotatable bonds is 3. The summed E-state index contributed by atoms with van der Waals surface area (Å²) in [6.45, 7) is 6.06. The van der Waals surface area contributed by atoms with Crippen LogP contribution < -0.4 is 10.9 Å². The Labute approximate surface area is 114 Å². The molecular formula is C15H22N2O2. The molecule has 1 aliphatic carbocycles. The van der Waals surface area contributed by atoms with Gasteiger partial charge in [0.25, 0.3) is 0 Å². The van der Waals surface area contributed by atoms with Gasteiger partial charge in [0.15, 0.2) is 0 Å². The van der Waals surface area contributed by atoms with Gasteiger partial charge in [-0.3, -0.25) is 20.4 Å². The van der Waals surface area contributed by atoms with Gasteiger partial charge in [-0.15, -0.1) is 0 Å². The molecule has 1 fully saturated rings. The zero-order chi connectivity index (χ0) is 14.0. The van der Waals surface area contributed by atoms with E-state index in [0.717, 1.165) is 12.8 Å². The zero-order valence-corrected chi connectivity index (χ0v) is 11.9. The highest BCUT2D eigenvalue weighted by molar-refractivity contribution is 5.95. The number of hydrazine groups is 1. The Balaban J connectivity index is 2.08. The van der Waals surface area contributed by atoms with Gasteiger partial charge < -0.3 is 0 Å². The first kappa shape index (κ1) is 13.8. The molecule has 19 heavy (non-hydrogen) atoms. The van der Waals surface area contributed by atoms with Crippen molar-refractivity contribution in [3.05, 3.63) is 23.3 Å². The average molecular weight is 262 g/mol. The molecule has 0 saturated carbocycles. The van der Waals surface area contributed by atoms with Crippen LogP contribution in [0.15, 0.2) is 23.3 Å². The summed E-state index contributed by atoms with van der Waals surface area (Å²) in [5.74, 6) is -0.362. The van der Waals surface area contributed by atoms with Crippen LogP contribution in [0.25, 0.3) is 0 Å².